The van der Waals surface area contributed by atoms with Crippen molar-refractivity contribution in [3.63, 3.8) is 0 Å². The number of rotatable bonds is 4. The van der Waals surface area contributed by atoms with Crippen LogP contribution in [0.2, 0.25) is 0 Å². The number of hydrogen-bond donors (Lipinski definition) is 1. The number of hydrogen-bond acceptors (Lipinski definition) is 4. The van der Waals surface area contributed by atoms with Gasteiger partial charge in [0.15, 0.2) is 0 Å². The smallest absolute Gasteiger partial charge is 0.0935 e. The van der Waals surface area contributed by atoms with Gasteiger partial charge in [-0.3, -0.25) is 4.90 Å². The molecule has 1 heterocycles. The van der Waals surface area contributed by atoms with Crippen LogP contribution in [-0.2, 0) is 9.47 Å². The van der Waals surface area contributed by atoms with Crippen molar-refractivity contribution in [1.82, 2.24) is 4.90 Å². The van der Waals surface area contributed by atoms with Gasteiger partial charge in [0.05, 0.1) is 31.5 Å². The third-order valence-corrected chi connectivity index (χ3v) is 3.83. The van der Waals surface area contributed by atoms with Crippen LogP contribution in [0.15, 0.2) is 0 Å². The molecule has 2 rings (SSSR count). The third-order valence-electron chi connectivity index (χ3n) is 3.83. The van der Waals surface area contributed by atoms with E-state index in [2.05, 4.69) is 11.8 Å². The predicted octanol–water partition coefficient (Wildman–Crippen LogP) is 1.03. The number of likely N-dealkylation sites (N-methyl/N-ethyl adjacent to an activating group) is 1. The first-order chi connectivity index (χ1) is 8.28. The molecule has 2 fully saturated rings. The van der Waals surface area contributed by atoms with E-state index in [1.54, 1.807) is 0 Å². The normalized spacial score (nSPS) is 36.0. The molecule has 1 unspecified atom stereocenters. The monoisotopic (exact) mass is 243 g/mol. The molecule has 4 heteroatoms. The van der Waals surface area contributed by atoms with Crippen molar-refractivity contribution in [3.05, 3.63) is 0 Å². The molecule has 1 aliphatic heterocycles. The summed E-state index contributed by atoms with van der Waals surface area (Å²) in [5.41, 5.74) is 0. The van der Waals surface area contributed by atoms with Crippen molar-refractivity contribution in [3.8, 4) is 0 Å². The zero-order valence-corrected chi connectivity index (χ0v) is 10.8. The third kappa shape index (κ3) is 4.21. The summed E-state index contributed by atoms with van der Waals surface area (Å²) < 4.78 is 11.6. The summed E-state index contributed by atoms with van der Waals surface area (Å²) in [6.45, 7) is 6.85. The summed E-state index contributed by atoms with van der Waals surface area (Å²) in [5, 5.41) is 9.42. The van der Waals surface area contributed by atoms with E-state index in [1.807, 2.05) is 0 Å². The lowest BCUT2D eigenvalue weighted by molar-refractivity contribution is -0.0938. The second-order valence-corrected chi connectivity index (χ2v) is 5.15. The molecule has 100 valence electrons. The predicted molar refractivity (Wildman–Crippen MR) is 66.1 cm³/mol. The highest BCUT2D eigenvalue weighted by Crippen LogP contribution is 2.21. The maximum absolute atomic E-state index is 9.42. The molecule has 0 spiro atoms. The van der Waals surface area contributed by atoms with Crippen LogP contribution in [0.25, 0.3) is 0 Å². The summed E-state index contributed by atoms with van der Waals surface area (Å²) in [5.74, 6) is 0. The van der Waals surface area contributed by atoms with Gasteiger partial charge in [0.2, 0.25) is 0 Å². The van der Waals surface area contributed by atoms with Gasteiger partial charge < -0.3 is 14.6 Å². The molecule has 0 aromatic heterocycles. The van der Waals surface area contributed by atoms with Crippen LogP contribution in [0.1, 0.15) is 32.6 Å². The number of morpholine rings is 1. The first-order valence-electron chi connectivity index (χ1n) is 6.91. The second-order valence-electron chi connectivity index (χ2n) is 5.15. The highest BCUT2D eigenvalue weighted by molar-refractivity contribution is 4.74. The summed E-state index contributed by atoms with van der Waals surface area (Å²) in [6, 6.07) is 0. The highest BCUT2D eigenvalue weighted by Gasteiger charge is 2.23. The Bertz CT molecular complexity index is 217. The Kier molecular flexibility index (Phi) is 5.22. The van der Waals surface area contributed by atoms with Gasteiger partial charge in [-0.25, -0.2) is 0 Å². The summed E-state index contributed by atoms with van der Waals surface area (Å²) in [4.78, 5) is 2.40. The van der Waals surface area contributed by atoms with Gasteiger partial charge >= 0.3 is 0 Å². The zero-order valence-electron chi connectivity index (χ0n) is 10.8. The van der Waals surface area contributed by atoms with Crippen LogP contribution in [0.5, 0.6) is 0 Å². The fourth-order valence-corrected chi connectivity index (χ4v) is 2.62. The van der Waals surface area contributed by atoms with Crippen molar-refractivity contribution < 1.29 is 14.6 Å². The number of ether oxygens (including phenoxy) is 2. The van der Waals surface area contributed by atoms with Crippen LogP contribution in [-0.4, -0.2) is 61.2 Å². The Hall–Kier alpha value is -0.160. The average molecular weight is 243 g/mol. The molecule has 0 bridgehead atoms. The molecular weight excluding hydrogens is 218 g/mol. The van der Waals surface area contributed by atoms with Crippen molar-refractivity contribution >= 4 is 0 Å². The van der Waals surface area contributed by atoms with Crippen LogP contribution < -0.4 is 0 Å². The van der Waals surface area contributed by atoms with Gasteiger partial charge in [0, 0.05) is 13.1 Å². The SMILES string of the molecule is CCN1CCOC(COC2CCC(O)CC2)C1. The van der Waals surface area contributed by atoms with Gasteiger partial charge in [-0.2, -0.15) is 0 Å². The molecule has 17 heavy (non-hydrogen) atoms. The maximum Gasteiger partial charge on any atom is 0.0935 e. The van der Waals surface area contributed by atoms with Crippen LogP contribution in [0, 0.1) is 0 Å². The van der Waals surface area contributed by atoms with E-state index in [9.17, 15) is 5.11 Å². The van der Waals surface area contributed by atoms with E-state index in [1.165, 1.54) is 0 Å². The van der Waals surface area contributed by atoms with E-state index in [4.69, 9.17) is 9.47 Å². The lowest BCUT2D eigenvalue weighted by Gasteiger charge is -2.33. The molecule has 0 amide bonds. The van der Waals surface area contributed by atoms with E-state index >= 15 is 0 Å². The largest absolute Gasteiger partial charge is 0.393 e. The second kappa shape index (κ2) is 6.69. The molecule has 4 nitrogen and oxygen atoms in total. The zero-order chi connectivity index (χ0) is 12.1. The van der Waals surface area contributed by atoms with E-state index < -0.39 is 0 Å². The summed E-state index contributed by atoms with van der Waals surface area (Å²) in [7, 11) is 0. The fourth-order valence-electron chi connectivity index (χ4n) is 2.62. The van der Waals surface area contributed by atoms with Crippen molar-refractivity contribution in [2.45, 2.75) is 50.9 Å². The highest BCUT2D eigenvalue weighted by atomic mass is 16.5. The Balaban J connectivity index is 1.64. The van der Waals surface area contributed by atoms with Gasteiger partial charge in [-0.1, -0.05) is 6.92 Å². The molecule has 1 saturated heterocycles. The van der Waals surface area contributed by atoms with Gasteiger partial charge in [0.25, 0.3) is 0 Å². The molecule has 0 aromatic carbocycles. The Labute approximate surface area is 104 Å². The quantitative estimate of drug-likeness (QED) is 0.800. The van der Waals surface area contributed by atoms with E-state index in [0.717, 1.165) is 51.9 Å². The minimum Gasteiger partial charge on any atom is -0.393 e. The minimum absolute atomic E-state index is 0.101. The first kappa shape index (κ1) is 13.3. The molecule has 2 aliphatic rings. The van der Waals surface area contributed by atoms with Gasteiger partial charge in [-0.05, 0) is 32.2 Å². The minimum atomic E-state index is -0.101. The number of aliphatic hydroxyl groups is 1. The number of aliphatic hydroxyl groups excluding tert-OH is 1. The van der Waals surface area contributed by atoms with Crippen molar-refractivity contribution in [2.75, 3.05) is 32.8 Å². The Morgan fingerprint density at radius 3 is 2.76 bits per heavy atom. The van der Waals surface area contributed by atoms with Crippen molar-refractivity contribution in [2.24, 2.45) is 0 Å². The molecule has 1 aliphatic carbocycles. The molecular formula is C13H25NO3. The molecule has 0 radical (unpaired) electrons. The van der Waals surface area contributed by atoms with Crippen LogP contribution in [0.3, 0.4) is 0 Å². The molecule has 1 N–H and O–H groups in total. The Morgan fingerprint density at radius 1 is 1.29 bits per heavy atom. The van der Waals surface area contributed by atoms with Gasteiger partial charge in [0.1, 0.15) is 0 Å². The van der Waals surface area contributed by atoms with E-state index in [-0.39, 0.29) is 12.2 Å². The maximum atomic E-state index is 9.42. The van der Waals surface area contributed by atoms with Crippen LogP contribution in [0.4, 0.5) is 0 Å². The summed E-state index contributed by atoms with van der Waals surface area (Å²) >= 11 is 0. The number of nitrogens with zero attached hydrogens (tertiary/aromatic N) is 1. The van der Waals surface area contributed by atoms with E-state index in [0.29, 0.717) is 12.7 Å². The first-order valence-corrected chi connectivity index (χ1v) is 6.91. The topological polar surface area (TPSA) is 41.9 Å². The fraction of sp³-hybridized carbons (Fsp3) is 1.00. The lowest BCUT2D eigenvalue weighted by atomic mass is 9.95. The lowest BCUT2D eigenvalue weighted by Crippen LogP contribution is -2.44. The molecule has 1 atom stereocenters. The standard InChI is InChI=1S/C13H25NO3/c1-2-14-7-8-16-13(9-14)10-17-12-5-3-11(15)4-6-12/h11-13,15H,2-10H2,1H3. The van der Waals surface area contributed by atoms with Crippen molar-refractivity contribution in [1.29, 1.82) is 0 Å². The van der Waals surface area contributed by atoms with Crippen LogP contribution >= 0.6 is 0 Å². The van der Waals surface area contributed by atoms with Gasteiger partial charge in [-0.15, -0.1) is 0 Å². The average Bonchev–Trinajstić information content (AvgIpc) is 2.38. The molecule has 0 aromatic rings. The Morgan fingerprint density at radius 2 is 2.06 bits per heavy atom. The summed E-state index contributed by atoms with van der Waals surface area (Å²) in [6.07, 6.45) is 4.22. The molecule has 1 saturated carbocycles.